The van der Waals surface area contributed by atoms with Crippen molar-refractivity contribution in [3.8, 4) is 0 Å². The molecule has 1 unspecified atom stereocenters. The number of aryl methyl sites for hydroxylation is 1. The van der Waals surface area contributed by atoms with Gasteiger partial charge in [0, 0.05) is 4.90 Å². The Kier molecular flexibility index (Phi) is 5.51. The van der Waals surface area contributed by atoms with Crippen LogP contribution in [0.1, 0.15) is 25.8 Å². The van der Waals surface area contributed by atoms with Crippen molar-refractivity contribution in [3.05, 3.63) is 29.8 Å². The molecule has 0 fully saturated rings. The second-order valence-electron chi connectivity index (χ2n) is 4.62. The highest BCUT2D eigenvalue weighted by molar-refractivity contribution is 7.98. The molecule has 3 N–H and O–H groups in total. The molecule has 1 aromatic rings. The van der Waals surface area contributed by atoms with Crippen molar-refractivity contribution >= 4 is 17.9 Å². The van der Waals surface area contributed by atoms with Gasteiger partial charge in [-0.2, -0.15) is 0 Å². The average Bonchev–Trinajstić information content (AvgIpc) is 2.25. The first-order valence-corrected chi connectivity index (χ1v) is 6.59. The number of carbonyl (C=O) groups is 1. The zero-order valence-electron chi connectivity index (χ0n) is 10.6. The van der Waals surface area contributed by atoms with Crippen LogP contribution < -0.4 is 10.5 Å². The summed E-state index contributed by atoms with van der Waals surface area (Å²) in [5, 5.41) is 0. The van der Waals surface area contributed by atoms with Crippen LogP contribution in [0, 0.1) is 12.8 Å². The first-order chi connectivity index (χ1) is 7.99. The van der Waals surface area contributed by atoms with Crippen molar-refractivity contribution in [1.29, 1.82) is 0 Å². The van der Waals surface area contributed by atoms with E-state index in [4.69, 9.17) is 5.73 Å². The molecule has 0 aliphatic carbocycles. The lowest BCUT2D eigenvalue weighted by Gasteiger charge is -2.13. The van der Waals surface area contributed by atoms with E-state index in [1.54, 1.807) is 0 Å². The highest BCUT2D eigenvalue weighted by Crippen LogP contribution is 2.16. The minimum Gasteiger partial charge on any atom is -0.320 e. The van der Waals surface area contributed by atoms with Crippen molar-refractivity contribution in [2.75, 3.05) is 0 Å². The van der Waals surface area contributed by atoms with E-state index in [1.807, 2.05) is 31.2 Å². The monoisotopic (exact) mass is 252 g/mol. The van der Waals surface area contributed by atoms with Gasteiger partial charge < -0.3 is 5.73 Å². The van der Waals surface area contributed by atoms with Crippen LogP contribution in [-0.2, 0) is 4.79 Å². The maximum absolute atomic E-state index is 11.7. The van der Waals surface area contributed by atoms with E-state index in [-0.39, 0.29) is 5.91 Å². The quantitative estimate of drug-likeness (QED) is 0.792. The number of rotatable bonds is 5. The molecule has 0 saturated heterocycles. The number of hydrogen-bond donors (Lipinski definition) is 2. The van der Waals surface area contributed by atoms with Crippen molar-refractivity contribution in [3.63, 3.8) is 0 Å². The molecule has 0 saturated carbocycles. The Morgan fingerprint density at radius 1 is 1.47 bits per heavy atom. The maximum Gasteiger partial charge on any atom is 0.246 e. The van der Waals surface area contributed by atoms with Crippen LogP contribution in [0.4, 0.5) is 0 Å². The molecule has 0 heterocycles. The summed E-state index contributed by atoms with van der Waals surface area (Å²) in [6.07, 6.45) is 0.709. The molecule has 0 aliphatic rings. The van der Waals surface area contributed by atoms with Crippen molar-refractivity contribution in [2.24, 2.45) is 11.7 Å². The molecule has 0 spiro atoms. The molecule has 17 heavy (non-hydrogen) atoms. The van der Waals surface area contributed by atoms with Gasteiger partial charge in [0.2, 0.25) is 5.91 Å². The molecule has 1 amide bonds. The SMILES string of the molecule is Cc1cccc(SNC(=O)C(N)CC(C)C)c1. The topological polar surface area (TPSA) is 55.1 Å². The molecule has 1 aromatic carbocycles. The van der Waals surface area contributed by atoms with Gasteiger partial charge in [0.05, 0.1) is 6.04 Å². The van der Waals surface area contributed by atoms with E-state index in [1.165, 1.54) is 17.5 Å². The fourth-order valence-corrected chi connectivity index (χ4v) is 2.24. The summed E-state index contributed by atoms with van der Waals surface area (Å²) in [7, 11) is 0. The molecule has 1 rings (SSSR count). The summed E-state index contributed by atoms with van der Waals surface area (Å²) in [6.45, 7) is 6.14. The summed E-state index contributed by atoms with van der Waals surface area (Å²) in [5.41, 5.74) is 6.96. The summed E-state index contributed by atoms with van der Waals surface area (Å²) in [4.78, 5) is 12.7. The van der Waals surface area contributed by atoms with Gasteiger partial charge in [-0.3, -0.25) is 9.52 Å². The number of nitrogens with one attached hydrogen (secondary N) is 1. The maximum atomic E-state index is 11.7. The van der Waals surface area contributed by atoms with Crippen LogP contribution in [0.2, 0.25) is 0 Å². The Labute approximate surface area is 107 Å². The molecule has 4 heteroatoms. The third-order valence-electron chi connectivity index (χ3n) is 2.32. The number of amides is 1. The number of carbonyl (C=O) groups excluding carboxylic acids is 1. The molecule has 0 aliphatic heterocycles. The predicted molar refractivity (Wildman–Crippen MR) is 72.6 cm³/mol. The molecule has 1 atom stereocenters. The van der Waals surface area contributed by atoms with Gasteiger partial charge in [0.1, 0.15) is 0 Å². The van der Waals surface area contributed by atoms with E-state index < -0.39 is 6.04 Å². The summed E-state index contributed by atoms with van der Waals surface area (Å²) in [6, 6.07) is 7.56. The van der Waals surface area contributed by atoms with Crippen LogP contribution in [0.15, 0.2) is 29.2 Å². The number of nitrogens with two attached hydrogens (primary N) is 1. The first kappa shape index (κ1) is 14.1. The molecule has 94 valence electrons. The van der Waals surface area contributed by atoms with E-state index in [0.717, 1.165) is 4.90 Å². The minimum absolute atomic E-state index is 0.106. The van der Waals surface area contributed by atoms with Crippen LogP contribution in [0.25, 0.3) is 0 Å². The summed E-state index contributed by atoms with van der Waals surface area (Å²) in [5.74, 6) is 0.324. The highest BCUT2D eigenvalue weighted by atomic mass is 32.2. The summed E-state index contributed by atoms with van der Waals surface area (Å²) < 4.78 is 2.78. The Morgan fingerprint density at radius 3 is 2.76 bits per heavy atom. The normalized spacial score (nSPS) is 12.5. The predicted octanol–water partition coefficient (Wildman–Crippen LogP) is 2.49. The lowest BCUT2D eigenvalue weighted by Crippen LogP contribution is -2.38. The van der Waals surface area contributed by atoms with Gasteiger partial charge in [0.15, 0.2) is 0 Å². The first-order valence-electron chi connectivity index (χ1n) is 5.78. The van der Waals surface area contributed by atoms with Crippen LogP contribution in [0.3, 0.4) is 0 Å². The van der Waals surface area contributed by atoms with Gasteiger partial charge in [-0.05, 0) is 48.9 Å². The Hall–Kier alpha value is -1.00. The molecule has 0 radical (unpaired) electrons. The van der Waals surface area contributed by atoms with Crippen LogP contribution in [0.5, 0.6) is 0 Å². The van der Waals surface area contributed by atoms with Gasteiger partial charge in [0.25, 0.3) is 0 Å². The number of hydrogen-bond acceptors (Lipinski definition) is 3. The fraction of sp³-hybridized carbons (Fsp3) is 0.462. The average molecular weight is 252 g/mol. The van der Waals surface area contributed by atoms with E-state index in [9.17, 15) is 4.79 Å². The summed E-state index contributed by atoms with van der Waals surface area (Å²) >= 11 is 1.32. The van der Waals surface area contributed by atoms with Crippen molar-refractivity contribution in [2.45, 2.75) is 38.1 Å². The lowest BCUT2D eigenvalue weighted by molar-refractivity contribution is -0.120. The highest BCUT2D eigenvalue weighted by Gasteiger charge is 2.14. The largest absolute Gasteiger partial charge is 0.320 e. The van der Waals surface area contributed by atoms with E-state index >= 15 is 0 Å². The van der Waals surface area contributed by atoms with Gasteiger partial charge >= 0.3 is 0 Å². The van der Waals surface area contributed by atoms with E-state index in [0.29, 0.717) is 12.3 Å². The van der Waals surface area contributed by atoms with Crippen molar-refractivity contribution in [1.82, 2.24) is 4.72 Å². The molecule has 3 nitrogen and oxygen atoms in total. The van der Waals surface area contributed by atoms with Crippen LogP contribution >= 0.6 is 11.9 Å². The standard InChI is InChI=1S/C13H20N2OS/c1-9(2)7-12(14)13(16)15-17-11-6-4-5-10(3)8-11/h4-6,8-9,12H,7,14H2,1-3H3,(H,15,16). The number of benzene rings is 1. The Bertz CT molecular complexity index is 379. The fourth-order valence-electron chi connectivity index (χ4n) is 1.48. The molecular weight excluding hydrogens is 232 g/mol. The zero-order chi connectivity index (χ0) is 12.8. The molecule has 0 aromatic heterocycles. The minimum atomic E-state index is -0.424. The lowest BCUT2D eigenvalue weighted by atomic mass is 10.0. The van der Waals surface area contributed by atoms with Gasteiger partial charge in [-0.15, -0.1) is 0 Å². The van der Waals surface area contributed by atoms with E-state index in [2.05, 4.69) is 18.6 Å². The van der Waals surface area contributed by atoms with Crippen LogP contribution in [-0.4, -0.2) is 11.9 Å². The van der Waals surface area contributed by atoms with Crippen molar-refractivity contribution < 1.29 is 4.79 Å². The second kappa shape index (κ2) is 6.67. The Morgan fingerprint density at radius 2 is 2.18 bits per heavy atom. The second-order valence-corrected chi connectivity index (χ2v) is 5.50. The van der Waals surface area contributed by atoms with Gasteiger partial charge in [-0.1, -0.05) is 26.0 Å². The third-order valence-corrected chi connectivity index (χ3v) is 3.11. The smallest absolute Gasteiger partial charge is 0.246 e. The van der Waals surface area contributed by atoms with Gasteiger partial charge in [-0.25, -0.2) is 0 Å². The zero-order valence-corrected chi connectivity index (χ0v) is 11.4. The molecular formula is C13H20N2OS. The molecule has 0 bridgehead atoms. The third kappa shape index (κ3) is 5.24. The Balaban J connectivity index is 2.43.